The van der Waals surface area contributed by atoms with Crippen LogP contribution in [0.1, 0.15) is 66.7 Å². The molecule has 0 aromatic heterocycles. The maximum Gasteiger partial charge on any atom is 0.309 e. The van der Waals surface area contributed by atoms with Gasteiger partial charge in [0, 0.05) is 50.4 Å². The van der Waals surface area contributed by atoms with Crippen molar-refractivity contribution in [1.29, 1.82) is 0 Å². The van der Waals surface area contributed by atoms with Gasteiger partial charge in [0.05, 0.1) is 18.6 Å². The monoisotopic (exact) mass is 587 g/mol. The van der Waals surface area contributed by atoms with E-state index in [0.717, 1.165) is 36.3 Å². The number of esters is 1. The molecule has 1 N–H and O–H groups in total. The Labute approximate surface area is 253 Å². The third kappa shape index (κ3) is 7.25. The topological polar surface area (TPSA) is 73.3 Å². The fourth-order valence-corrected chi connectivity index (χ4v) is 6.50. The number of aromatic hydroxyl groups is 1. The Kier molecular flexibility index (Phi) is 9.78. The SMILES string of the molecule is CCOC(=O)C1CCN(C(=O)c2cccc([C@@H](c3cccc(O)c3)N3C[C@@H](C)N(Cc4ccc(F)cc4)C[C@@H]3C)c2)CC1. The quantitative estimate of drug-likeness (QED) is 0.345. The van der Waals surface area contributed by atoms with E-state index in [1.165, 1.54) is 12.1 Å². The number of phenols is 1. The van der Waals surface area contributed by atoms with E-state index in [0.29, 0.717) is 38.1 Å². The zero-order valence-electron chi connectivity index (χ0n) is 25.3. The molecule has 0 spiro atoms. The maximum absolute atomic E-state index is 13.6. The van der Waals surface area contributed by atoms with Gasteiger partial charge in [0.2, 0.25) is 0 Å². The van der Waals surface area contributed by atoms with Crippen LogP contribution in [0.15, 0.2) is 72.8 Å². The number of carbonyl (C=O) groups excluding carboxylic acids is 2. The smallest absolute Gasteiger partial charge is 0.309 e. The summed E-state index contributed by atoms with van der Waals surface area (Å²) in [5.41, 5.74) is 3.65. The Morgan fingerprint density at radius 3 is 2.28 bits per heavy atom. The molecule has 3 atom stereocenters. The van der Waals surface area contributed by atoms with Gasteiger partial charge < -0.3 is 14.7 Å². The summed E-state index contributed by atoms with van der Waals surface area (Å²) in [7, 11) is 0. The van der Waals surface area contributed by atoms with Gasteiger partial charge >= 0.3 is 5.97 Å². The first kappa shape index (κ1) is 30.7. The Hall–Kier alpha value is -3.75. The van der Waals surface area contributed by atoms with E-state index in [1.807, 2.05) is 60.4 Å². The number of hydrogen-bond donors (Lipinski definition) is 1. The summed E-state index contributed by atoms with van der Waals surface area (Å²) >= 11 is 0. The number of carbonyl (C=O) groups is 2. The molecule has 8 heteroatoms. The highest BCUT2D eigenvalue weighted by Crippen LogP contribution is 2.35. The molecule has 0 radical (unpaired) electrons. The molecule has 0 saturated carbocycles. The number of piperazine rings is 1. The number of nitrogens with zero attached hydrogens (tertiary/aromatic N) is 3. The van der Waals surface area contributed by atoms with Gasteiger partial charge in [-0.05, 0) is 86.7 Å². The second-order valence-electron chi connectivity index (χ2n) is 11.9. The van der Waals surface area contributed by atoms with Crippen molar-refractivity contribution in [3.63, 3.8) is 0 Å². The molecule has 3 aromatic rings. The number of piperidine rings is 1. The number of halogens is 1. The lowest BCUT2D eigenvalue weighted by molar-refractivity contribution is -0.149. The fourth-order valence-electron chi connectivity index (χ4n) is 6.50. The molecule has 2 heterocycles. The Bertz CT molecular complexity index is 1410. The molecule has 0 aliphatic carbocycles. The second kappa shape index (κ2) is 13.7. The van der Waals surface area contributed by atoms with Gasteiger partial charge in [-0.25, -0.2) is 4.39 Å². The number of likely N-dealkylation sites (tertiary alicyclic amines) is 1. The number of benzene rings is 3. The summed E-state index contributed by atoms with van der Waals surface area (Å²) in [6.07, 6.45) is 1.21. The third-order valence-electron chi connectivity index (χ3n) is 8.83. The molecule has 2 fully saturated rings. The van der Waals surface area contributed by atoms with E-state index >= 15 is 0 Å². The molecule has 43 heavy (non-hydrogen) atoms. The van der Waals surface area contributed by atoms with Crippen molar-refractivity contribution in [2.75, 3.05) is 32.8 Å². The lowest BCUT2D eigenvalue weighted by atomic mass is 9.91. The molecule has 0 bridgehead atoms. The molecule has 3 aromatic carbocycles. The minimum absolute atomic E-state index is 0.0376. The predicted octanol–water partition coefficient (Wildman–Crippen LogP) is 5.63. The number of ether oxygens (including phenoxy) is 1. The van der Waals surface area contributed by atoms with E-state index in [-0.39, 0.29) is 47.5 Å². The van der Waals surface area contributed by atoms with Crippen molar-refractivity contribution in [2.45, 2.75) is 58.3 Å². The van der Waals surface area contributed by atoms with Crippen LogP contribution in [-0.2, 0) is 16.1 Å². The van der Waals surface area contributed by atoms with Gasteiger partial charge in [0.15, 0.2) is 0 Å². The summed E-state index contributed by atoms with van der Waals surface area (Å²) in [5, 5.41) is 10.4. The summed E-state index contributed by atoms with van der Waals surface area (Å²) < 4.78 is 18.7. The molecule has 2 saturated heterocycles. The lowest BCUT2D eigenvalue weighted by Crippen LogP contribution is -2.56. The first-order valence-electron chi connectivity index (χ1n) is 15.3. The first-order valence-corrected chi connectivity index (χ1v) is 15.3. The Morgan fingerprint density at radius 2 is 1.60 bits per heavy atom. The maximum atomic E-state index is 13.6. The molecule has 1 amide bonds. The first-order chi connectivity index (χ1) is 20.7. The van der Waals surface area contributed by atoms with Crippen LogP contribution >= 0.6 is 0 Å². The highest BCUT2D eigenvalue weighted by atomic mass is 19.1. The molecular formula is C35H42FN3O4. The van der Waals surface area contributed by atoms with Gasteiger partial charge in [-0.3, -0.25) is 19.4 Å². The average molecular weight is 588 g/mol. The standard InChI is InChI=1S/C35H42FN3O4/c1-4-43-35(42)27-15-17-37(18-16-27)34(41)30-9-5-7-28(19-30)33(29-8-6-10-32(40)20-29)39-22-24(2)38(21-25(39)3)23-26-11-13-31(36)14-12-26/h5-14,19-20,24-25,27,33,40H,4,15-18,21-23H2,1-3H3/t24-,25+,33+/m1/s1. The van der Waals surface area contributed by atoms with Gasteiger partial charge in [0.1, 0.15) is 11.6 Å². The van der Waals surface area contributed by atoms with Gasteiger partial charge in [-0.1, -0.05) is 36.4 Å². The number of phenolic OH excluding ortho intramolecular Hbond substituents is 1. The van der Waals surface area contributed by atoms with E-state index < -0.39 is 0 Å². The van der Waals surface area contributed by atoms with Gasteiger partial charge in [-0.15, -0.1) is 0 Å². The lowest BCUT2D eigenvalue weighted by Gasteiger charge is -2.47. The van der Waals surface area contributed by atoms with E-state index in [9.17, 15) is 19.1 Å². The van der Waals surface area contributed by atoms with Crippen molar-refractivity contribution in [2.24, 2.45) is 5.92 Å². The van der Waals surface area contributed by atoms with Crippen molar-refractivity contribution >= 4 is 11.9 Å². The molecule has 5 rings (SSSR count). The third-order valence-corrected chi connectivity index (χ3v) is 8.83. The minimum atomic E-state index is -0.231. The zero-order valence-corrected chi connectivity index (χ0v) is 25.3. The number of amides is 1. The van der Waals surface area contributed by atoms with Gasteiger partial charge in [-0.2, -0.15) is 0 Å². The largest absolute Gasteiger partial charge is 0.508 e. The van der Waals surface area contributed by atoms with Crippen molar-refractivity contribution in [1.82, 2.24) is 14.7 Å². The van der Waals surface area contributed by atoms with Crippen LogP contribution in [0.2, 0.25) is 0 Å². The average Bonchev–Trinajstić information content (AvgIpc) is 3.01. The Balaban J connectivity index is 1.37. The van der Waals surface area contributed by atoms with Crippen LogP contribution in [0.5, 0.6) is 5.75 Å². The number of rotatable bonds is 8. The summed E-state index contributed by atoms with van der Waals surface area (Å²) in [6, 6.07) is 22.1. The van der Waals surface area contributed by atoms with Crippen LogP contribution in [0.4, 0.5) is 4.39 Å². The van der Waals surface area contributed by atoms with Crippen LogP contribution < -0.4 is 0 Å². The van der Waals surface area contributed by atoms with Crippen LogP contribution in [0.25, 0.3) is 0 Å². The molecular weight excluding hydrogens is 545 g/mol. The highest BCUT2D eigenvalue weighted by molar-refractivity contribution is 5.94. The summed E-state index contributed by atoms with van der Waals surface area (Å²) in [6.45, 7) is 9.98. The molecule has 2 aliphatic rings. The van der Waals surface area contributed by atoms with E-state index in [1.54, 1.807) is 6.07 Å². The van der Waals surface area contributed by atoms with Crippen molar-refractivity contribution in [3.05, 3.63) is 101 Å². The molecule has 228 valence electrons. The van der Waals surface area contributed by atoms with Crippen LogP contribution in [0, 0.1) is 11.7 Å². The molecule has 2 aliphatic heterocycles. The van der Waals surface area contributed by atoms with E-state index in [4.69, 9.17) is 4.74 Å². The second-order valence-corrected chi connectivity index (χ2v) is 11.9. The highest BCUT2D eigenvalue weighted by Gasteiger charge is 2.35. The normalized spacial score (nSPS) is 21.0. The molecule has 7 nitrogen and oxygen atoms in total. The number of hydrogen-bond acceptors (Lipinski definition) is 6. The summed E-state index contributed by atoms with van der Waals surface area (Å²) in [5.74, 6) is -0.396. The zero-order chi connectivity index (χ0) is 30.5. The van der Waals surface area contributed by atoms with E-state index in [2.05, 4.69) is 29.7 Å². The van der Waals surface area contributed by atoms with Crippen molar-refractivity contribution in [3.8, 4) is 5.75 Å². The van der Waals surface area contributed by atoms with Crippen LogP contribution in [0.3, 0.4) is 0 Å². The van der Waals surface area contributed by atoms with Crippen molar-refractivity contribution < 1.29 is 23.8 Å². The van der Waals surface area contributed by atoms with Gasteiger partial charge in [0.25, 0.3) is 5.91 Å². The Morgan fingerprint density at radius 1 is 0.930 bits per heavy atom. The molecule has 0 unspecified atom stereocenters. The fraction of sp³-hybridized carbons (Fsp3) is 0.429. The summed E-state index contributed by atoms with van der Waals surface area (Å²) in [4.78, 5) is 32.5. The van der Waals surface area contributed by atoms with Crippen LogP contribution in [-0.4, -0.2) is 76.6 Å². The predicted molar refractivity (Wildman–Crippen MR) is 164 cm³/mol. The minimum Gasteiger partial charge on any atom is -0.508 e.